The summed E-state index contributed by atoms with van der Waals surface area (Å²) in [5.41, 5.74) is 10.6. The van der Waals surface area contributed by atoms with Crippen LogP contribution >= 0.6 is 11.8 Å². The van der Waals surface area contributed by atoms with Crippen molar-refractivity contribution in [2.75, 3.05) is 16.8 Å². The molecule has 0 bridgehead atoms. The Morgan fingerprint density at radius 3 is 2.62 bits per heavy atom. The van der Waals surface area contributed by atoms with Crippen molar-refractivity contribution in [3.8, 4) is 0 Å². The Hall–Kier alpha value is -1.94. The molecular weight excluding hydrogens is 280 g/mol. The lowest BCUT2D eigenvalue weighted by Crippen LogP contribution is -2.22. The van der Waals surface area contributed by atoms with Crippen LogP contribution in [0.25, 0.3) is 0 Å². The molecule has 0 aliphatic carbocycles. The summed E-state index contributed by atoms with van der Waals surface area (Å²) in [6, 6.07) is 11.9. The summed E-state index contributed by atoms with van der Waals surface area (Å²) in [4.78, 5) is 13.8. The molecule has 108 valence electrons. The largest absolute Gasteiger partial charge is 0.399 e. The van der Waals surface area contributed by atoms with E-state index in [1.54, 1.807) is 11.8 Å². The van der Waals surface area contributed by atoms with E-state index < -0.39 is 0 Å². The van der Waals surface area contributed by atoms with Crippen molar-refractivity contribution < 1.29 is 4.79 Å². The number of nitrogens with two attached hydrogens (primary N) is 1. The zero-order chi connectivity index (χ0) is 15.0. The first-order valence-corrected chi connectivity index (χ1v) is 7.94. The molecule has 2 aromatic carbocycles. The molecule has 1 atom stereocenters. The molecule has 0 saturated carbocycles. The number of nitrogen functional groups attached to an aromatic ring is 1. The second-order valence-electron chi connectivity index (χ2n) is 5.42. The smallest absolute Gasteiger partial charge is 0.232 e. The van der Waals surface area contributed by atoms with E-state index in [-0.39, 0.29) is 11.8 Å². The number of aryl methyl sites for hydroxylation is 2. The average molecular weight is 298 g/mol. The minimum Gasteiger partial charge on any atom is -0.399 e. The number of carbonyl (C=O) groups excluding carboxylic acids is 1. The molecule has 4 heteroatoms. The summed E-state index contributed by atoms with van der Waals surface area (Å²) in [5, 5.41) is 3.08. The molecule has 0 spiro atoms. The third kappa shape index (κ3) is 2.63. The number of fused-ring (bicyclic) bond motifs is 1. The molecule has 3 nitrogen and oxygen atoms in total. The summed E-state index contributed by atoms with van der Waals surface area (Å²) in [5.74, 6) is 0.782. The lowest BCUT2D eigenvalue weighted by atomic mass is 9.99. The first-order chi connectivity index (χ1) is 10.1. The molecule has 0 aromatic heterocycles. The second kappa shape index (κ2) is 5.45. The summed E-state index contributed by atoms with van der Waals surface area (Å²) < 4.78 is 0. The predicted molar refractivity (Wildman–Crippen MR) is 88.9 cm³/mol. The van der Waals surface area contributed by atoms with Gasteiger partial charge in [-0.15, -0.1) is 11.8 Å². The van der Waals surface area contributed by atoms with Gasteiger partial charge in [-0.25, -0.2) is 0 Å². The van der Waals surface area contributed by atoms with Gasteiger partial charge in [0.05, 0.1) is 5.92 Å². The van der Waals surface area contributed by atoms with Crippen molar-refractivity contribution in [3.05, 3.63) is 53.1 Å². The maximum atomic E-state index is 12.6. The van der Waals surface area contributed by atoms with Gasteiger partial charge in [0.15, 0.2) is 0 Å². The van der Waals surface area contributed by atoms with Gasteiger partial charge in [-0.05, 0) is 48.7 Å². The average Bonchev–Trinajstić information content (AvgIpc) is 2.86. The highest BCUT2D eigenvalue weighted by Crippen LogP contribution is 2.40. The highest BCUT2D eigenvalue weighted by Gasteiger charge is 2.29. The van der Waals surface area contributed by atoms with Crippen molar-refractivity contribution in [2.45, 2.75) is 24.7 Å². The Balaban J connectivity index is 1.86. The molecule has 0 saturated heterocycles. The number of hydrogen-bond donors (Lipinski definition) is 2. The van der Waals surface area contributed by atoms with E-state index in [2.05, 4.69) is 11.4 Å². The van der Waals surface area contributed by atoms with Crippen molar-refractivity contribution in [1.82, 2.24) is 0 Å². The monoisotopic (exact) mass is 298 g/mol. The van der Waals surface area contributed by atoms with E-state index in [1.165, 1.54) is 4.90 Å². The maximum absolute atomic E-state index is 12.6. The molecular formula is C17H18N2OS. The van der Waals surface area contributed by atoms with Crippen molar-refractivity contribution >= 4 is 29.0 Å². The third-order valence-corrected chi connectivity index (χ3v) is 5.00. The molecule has 1 aliphatic heterocycles. The number of nitrogens with one attached hydrogen (secondary N) is 1. The van der Waals surface area contributed by atoms with E-state index >= 15 is 0 Å². The van der Waals surface area contributed by atoms with E-state index in [1.807, 2.05) is 44.2 Å². The second-order valence-corrected chi connectivity index (χ2v) is 6.48. The Morgan fingerprint density at radius 1 is 1.24 bits per heavy atom. The molecule has 1 aliphatic rings. The standard InChI is InChI=1S/C17H18N2OS/c1-10-7-12(18)8-11(2)16(10)19-17(20)14-9-21-15-6-4-3-5-13(14)15/h3-8,14H,9,18H2,1-2H3,(H,19,20). The topological polar surface area (TPSA) is 55.1 Å². The van der Waals surface area contributed by atoms with Gasteiger partial charge in [0, 0.05) is 22.0 Å². The summed E-state index contributed by atoms with van der Waals surface area (Å²) in [6.45, 7) is 3.94. The summed E-state index contributed by atoms with van der Waals surface area (Å²) >= 11 is 1.74. The zero-order valence-corrected chi connectivity index (χ0v) is 13.0. The Morgan fingerprint density at radius 2 is 1.90 bits per heavy atom. The lowest BCUT2D eigenvalue weighted by Gasteiger charge is -2.16. The molecule has 3 rings (SSSR count). The van der Waals surface area contributed by atoms with Gasteiger partial charge in [-0.3, -0.25) is 4.79 Å². The quantitative estimate of drug-likeness (QED) is 0.831. The Bertz CT molecular complexity index is 689. The predicted octanol–water partition coefficient (Wildman–Crippen LogP) is 3.71. The summed E-state index contributed by atoms with van der Waals surface area (Å²) in [7, 11) is 0. The van der Waals surface area contributed by atoms with Crippen LogP contribution in [0.4, 0.5) is 11.4 Å². The fourth-order valence-electron chi connectivity index (χ4n) is 2.78. The number of rotatable bonds is 2. The Labute approximate surface area is 128 Å². The van der Waals surface area contributed by atoms with E-state index in [0.29, 0.717) is 0 Å². The highest BCUT2D eigenvalue weighted by atomic mass is 32.2. The van der Waals surface area contributed by atoms with Crippen LogP contribution in [0.5, 0.6) is 0 Å². The van der Waals surface area contributed by atoms with Gasteiger partial charge < -0.3 is 11.1 Å². The molecule has 3 N–H and O–H groups in total. The molecule has 1 unspecified atom stereocenters. The van der Waals surface area contributed by atoms with Crippen LogP contribution in [0.2, 0.25) is 0 Å². The van der Waals surface area contributed by atoms with Crippen LogP contribution in [0.1, 0.15) is 22.6 Å². The van der Waals surface area contributed by atoms with Crippen molar-refractivity contribution in [3.63, 3.8) is 0 Å². The third-order valence-electron chi connectivity index (χ3n) is 3.82. The molecule has 21 heavy (non-hydrogen) atoms. The fourth-order valence-corrected chi connectivity index (χ4v) is 4.01. The minimum absolute atomic E-state index is 0.0587. The van der Waals surface area contributed by atoms with Gasteiger partial charge in [0.25, 0.3) is 0 Å². The molecule has 1 amide bonds. The molecule has 2 aromatic rings. The normalized spacial score (nSPS) is 16.6. The van der Waals surface area contributed by atoms with Gasteiger partial charge in [0.2, 0.25) is 5.91 Å². The molecule has 0 radical (unpaired) electrons. The van der Waals surface area contributed by atoms with Gasteiger partial charge in [-0.1, -0.05) is 18.2 Å². The number of benzene rings is 2. The lowest BCUT2D eigenvalue weighted by molar-refractivity contribution is -0.117. The zero-order valence-electron chi connectivity index (χ0n) is 12.1. The van der Waals surface area contributed by atoms with E-state index in [0.717, 1.165) is 33.8 Å². The van der Waals surface area contributed by atoms with Crippen LogP contribution in [-0.4, -0.2) is 11.7 Å². The maximum Gasteiger partial charge on any atom is 0.232 e. The first kappa shape index (κ1) is 14.0. The van der Waals surface area contributed by atoms with Crippen LogP contribution in [0, 0.1) is 13.8 Å². The molecule has 1 heterocycles. The van der Waals surface area contributed by atoms with E-state index in [9.17, 15) is 4.79 Å². The van der Waals surface area contributed by atoms with Crippen molar-refractivity contribution in [1.29, 1.82) is 0 Å². The van der Waals surface area contributed by atoms with Gasteiger partial charge in [0.1, 0.15) is 0 Å². The number of thioether (sulfide) groups is 1. The fraction of sp³-hybridized carbons (Fsp3) is 0.235. The van der Waals surface area contributed by atoms with Crippen LogP contribution in [0.15, 0.2) is 41.3 Å². The Kier molecular flexibility index (Phi) is 3.64. The van der Waals surface area contributed by atoms with Crippen molar-refractivity contribution in [2.24, 2.45) is 0 Å². The number of anilines is 2. The SMILES string of the molecule is Cc1cc(N)cc(C)c1NC(=O)C1CSc2ccccc21. The van der Waals surface area contributed by atoms with Crippen LogP contribution in [0.3, 0.4) is 0 Å². The summed E-state index contributed by atoms with van der Waals surface area (Å²) in [6.07, 6.45) is 0. The van der Waals surface area contributed by atoms with Crippen LogP contribution < -0.4 is 11.1 Å². The number of carbonyl (C=O) groups is 1. The first-order valence-electron chi connectivity index (χ1n) is 6.95. The highest BCUT2D eigenvalue weighted by molar-refractivity contribution is 7.99. The van der Waals surface area contributed by atoms with Crippen LogP contribution in [-0.2, 0) is 4.79 Å². The van der Waals surface area contributed by atoms with Gasteiger partial charge >= 0.3 is 0 Å². The number of hydrogen-bond acceptors (Lipinski definition) is 3. The van der Waals surface area contributed by atoms with Gasteiger partial charge in [-0.2, -0.15) is 0 Å². The number of amides is 1. The van der Waals surface area contributed by atoms with E-state index in [4.69, 9.17) is 5.73 Å². The molecule has 0 fully saturated rings. The minimum atomic E-state index is -0.0810.